The largest absolute Gasteiger partial charge is 0.351 e. The average Bonchev–Trinajstić information content (AvgIpc) is 2.53. The first-order valence-electron chi connectivity index (χ1n) is 7.61. The second-order valence-corrected chi connectivity index (χ2v) is 5.29. The molecule has 4 N–H and O–H groups in total. The molecule has 0 atom stereocenters. The van der Waals surface area contributed by atoms with Crippen LogP contribution in [0.5, 0.6) is 0 Å². The van der Waals surface area contributed by atoms with Gasteiger partial charge in [0.15, 0.2) is 0 Å². The highest BCUT2D eigenvalue weighted by atomic mass is 16.2. The smallest absolute Gasteiger partial charge is 0.316 e. The van der Waals surface area contributed by atoms with Gasteiger partial charge in [0.2, 0.25) is 5.91 Å². The summed E-state index contributed by atoms with van der Waals surface area (Å²) in [7, 11) is 0. The quantitative estimate of drug-likeness (QED) is 0.764. The number of anilines is 2. The third-order valence-electron chi connectivity index (χ3n) is 3.49. The summed E-state index contributed by atoms with van der Waals surface area (Å²) in [6.07, 6.45) is 2.10. The van der Waals surface area contributed by atoms with Gasteiger partial charge in [0, 0.05) is 17.8 Å². The molecule has 0 unspecified atom stereocenters. The summed E-state index contributed by atoms with van der Waals surface area (Å²) in [5.41, 5.74) is 8.67. The lowest BCUT2D eigenvalue weighted by molar-refractivity contribution is -0.116. The molecule has 0 aliphatic heterocycles. The van der Waals surface area contributed by atoms with E-state index in [0.29, 0.717) is 24.2 Å². The van der Waals surface area contributed by atoms with Crippen molar-refractivity contribution in [2.75, 3.05) is 10.6 Å². The van der Waals surface area contributed by atoms with Gasteiger partial charge in [0.05, 0.1) is 0 Å². The molecule has 0 aliphatic rings. The maximum Gasteiger partial charge on any atom is 0.316 e. The van der Waals surface area contributed by atoms with Crippen molar-refractivity contribution in [3.05, 3.63) is 59.7 Å². The number of carbonyl (C=O) groups is 2. The molecule has 3 amide bonds. The van der Waals surface area contributed by atoms with Crippen molar-refractivity contribution in [3.8, 4) is 0 Å². The fraction of sp³-hybridized carbons (Fsp3) is 0.222. The number of amides is 3. The number of primary amides is 1. The third-order valence-corrected chi connectivity index (χ3v) is 3.49. The summed E-state index contributed by atoms with van der Waals surface area (Å²) in [6.45, 7) is 2.11. The van der Waals surface area contributed by atoms with Crippen LogP contribution in [0.25, 0.3) is 0 Å². The molecule has 2 aromatic rings. The third kappa shape index (κ3) is 5.47. The molecule has 120 valence electrons. The van der Waals surface area contributed by atoms with Crippen molar-refractivity contribution in [2.24, 2.45) is 5.73 Å². The van der Waals surface area contributed by atoms with Crippen LogP contribution in [0.4, 0.5) is 16.2 Å². The highest BCUT2D eigenvalue weighted by Crippen LogP contribution is 2.15. The number of urea groups is 1. The number of rotatable bonds is 6. The van der Waals surface area contributed by atoms with E-state index in [2.05, 4.69) is 41.8 Å². The number of hydrogen-bond donors (Lipinski definition) is 3. The molecule has 0 aliphatic carbocycles. The summed E-state index contributed by atoms with van der Waals surface area (Å²) in [5, 5.41) is 5.29. The molecular formula is C18H21N3O2. The zero-order valence-corrected chi connectivity index (χ0v) is 13.1. The van der Waals surface area contributed by atoms with E-state index < -0.39 is 6.03 Å². The fourth-order valence-electron chi connectivity index (χ4n) is 2.24. The van der Waals surface area contributed by atoms with Gasteiger partial charge in [-0.25, -0.2) is 4.79 Å². The van der Waals surface area contributed by atoms with Gasteiger partial charge in [-0.3, -0.25) is 4.79 Å². The molecule has 0 radical (unpaired) electrons. The van der Waals surface area contributed by atoms with E-state index in [4.69, 9.17) is 5.73 Å². The zero-order chi connectivity index (χ0) is 16.7. The van der Waals surface area contributed by atoms with E-state index in [9.17, 15) is 9.59 Å². The summed E-state index contributed by atoms with van der Waals surface area (Å²) >= 11 is 0. The number of hydrogen-bond acceptors (Lipinski definition) is 2. The van der Waals surface area contributed by atoms with Crippen LogP contribution in [-0.2, 0) is 17.6 Å². The van der Waals surface area contributed by atoms with Crippen LogP contribution in [0, 0.1) is 0 Å². The Kier molecular flexibility index (Phi) is 5.74. The molecule has 2 aromatic carbocycles. The van der Waals surface area contributed by atoms with Gasteiger partial charge >= 0.3 is 6.03 Å². The maximum absolute atomic E-state index is 12.0. The maximum atomic E-state index is 12.0. The van der Waals surface area contributed by atoms with Crippen LogP contribution in [0.3, 0.4) is 0 Å². The zero-order valence-electron chi connectivity index (χ0n) is 13.1. The van der Waals surface area contributed by atoms with Crippen LogP contribution < -0.4 is 16.4 Å². The topological polar surface area (TPSA) is 84.2 Å². The van der Waals surface area contributed by atoms with Gasteiger partial charge in [0.1, 0.15) is 0 Å². The predicted molar refractivity (Wildman–Crippen MR) is 92.4 cm³/mol. The van der Waals surface area contributed by atoms with Crippen molar-refractivity contribution < 1.29 is 9.59 Å². The average molecular weight is 311 g/mol. The first kappa shape index (κ1) is 16.5. The Hall–Kier alpha value is -2.82. The summed E-state index contributed by atoms with van der Waals surface area (Å²) in [4.78, 5) is 22.9. The molecule has 23 heavy (non-hydrogen) atoms. The van der Waals surface area contributed by atoms with E-state index in [1.807, 2.05) is 0 Å². The summed E-state index contributed by atoms with van der Waals surface area (Å²) in [5.74, 6) is -0.0687. The molecule has 0 heterocycles. The normalized spacial score (nSPS) is 10.1. The van der Waals surface area contributed by atoms with Crippen molar-refractivity contribution in [1.29, 1.82) is 0 Å². The number of nitrogens with two attached hydrogens (primary N) is 1. The highest BCUT2D eigenvalue weighted by molar-refractivity contribution is 5.93. The van der Waals surface area contributed by atoms with Gasteiger partial charge < -0.3 is 16.4 Å². The SMILES string of the molecule is CCc1ccc(CCC(=O)Nc2cccc(NC(N)=O)c2)cc1. The van der Waals surface area contributed by atoms with Gasteiger partial charge in [-0.1, -0.05) is 37.3 Å². The molecule has 0 spiro atoms. The lowest BCUT2D eigenvalue weighted by Crippen LogP contribution is -2.19. The van der Waals surface area contributed by atoms with Crippen LogP contribution in [-0.4, -0.2) is 11.9 Å². The van der Waals surface area contributed by atoms with Crippen LogP contribution in [0.15, 0.2) is 48.5 Å². The first-order chi connectivity index (χ1) is 11.1. The molecule has 0 saturated heterocycles. The minimum atomic E-state index is -0.635. The Morgan fingerprint density at radius 2 is 1.57 bits per heavy atom. The van der Waals surface area contributed by atoms with Crippen molar-refractivity contribution in [3.63, 3.8) is 0 Å². The second kappa shape index (κ2) is 7.98. The molecule has 5 nitrogen and oxygen atoms in total. The Labute approximate surface area is 135 Å². The van der Waals surface area contributed by atoms with E-state index in [1.165, 1.54) is 5.56 Å². The van der Waals surface area contributed by atoms with E-state index in [0.717, 1.165) is 12.0 Å². The molecule has 0 bridgehead atoms. The Bertz CT molecular complexity index is 681. The van der Waals surface area contributed by atoms with E-state index >= 15 is 0 Å². The molecule has 0 saturated carbocycles. The first-order valence-corrected chi connectivity index (χ1v) is 7.61. The molecular weight excluding hydrogens is 290 g/mol. The Morgan fingerprint density at radius 3 is 2.17 bits per heavy atom. The standard InChI is InChI=1S/C18H21N3O2/c1-2-13-6-8-14(9-7-13)10-11-17(22)20-15-4-3-5-16(12-15)21-18(19)23/h3-9,12H,2,10-11H2,1H3,(H,20,22)(H3,19,21,23). The van der Waals surface area contributed by atoms with Gasteiger partial charge in [-0.2, -0.15) is 0 Å². The Balaban J connectivity index is 1.87. The minimum absolute atomic E-state index is 0.0687. The molecule has 0 fully saturated rings. The number of nitrogens with one attached hydrogen (secondary N) is 2. The molecule has 2 rings (SSSR count). The lowest BCUT2D eigenvalue weighted by Gasteiger charge is -2.08. The van der Waals surface area contributed by atoms with Crippen molar-refractivity contribution >= 4 is 23.3 Å². The highest BCUT2D eigenvalue weighted by Gasteiger charge is 2.05. The van der Waals surface area contributed by atoms with Crippen molar-refractivity contribution in [1.82, 2.24) is 0 Å². The van der Waals surface area contributed by atoms with Gasteiger partial charge in [-0.15, -0.1) is 0 Å². The van der Waals surface area contributed by atoms with Crippen LogP contribution in [0.1, 0.15) is 24.5 Å². The number of benzene rings is 2. The van der Waals surface area contributed by atoms with E-state index in [-0.39, 0.29) is 5.91 Å². The monoisotopic (exact) mass is 311 g/mol. The number of carbonyl (C=O) groups excluding carboxylic acids is 2. The Morgan fingerprint density at radius 1 is 0.957 bits per heavy atom. The van der Waals surface area contributed by atoms with Crippen LogP contribution in [0.2, 0.25) is 0 Å². The van der Waals surface area contributed by atoms with Crippen LogP contribution >= 0.6 is 0 Å². The van der Waals surface area contributed by atoms with E-state index in [1.54, 1.807) is 24.3 Å². The molecule has 0 aromatic heterocycles. The lowest BCUT2D eigenvalue weighted by atomic mass is 10.1. The predicted octanol–water partition coefficient (Wildman–Crippen LogP) is 3.31. The van der Waals surface area contributed by atoms with Crippen molar-refractivity contribution in [2.45, 2.75) is 26.2 Å². The summed E-state index contributed by atoms with van der Waals surface area (Å²) < 4.78 is 0. The summed E-state index contributed by atoms with van der Waals surface area (Å²) in [6, 6.07) is 14.5. The molecule has 5 heteroatoms. The second-order valence-electron chi connectivity index (χ2n) is 5.29. The fourth-order valence-corrected chi connectivity index (χ4v) is 2.24. The minimum Gasteiger partial charge on any atom is -0.351 e. The number of aryl methyl sites for hydroxylation is 2. The van der Waals surface area contributed by atoms with Gasteiger partial charge in [0.25, 0.3) is 0 Å². The van der Waals surface area contributed by atoms with Gasteiger partial charge in [-0.05, 0) is 42.2 Å².